The summed E-state index contributed by atoms with van der Waals surface area (Å²) in [6, 6.07) is 15.6. The number of benzene rings is 2. The molecule has 8 nitrogen and oxygen atoms in total. The van der Waals surface area contributed by atoms with E-state index in [4.69, 9.17) is 14.5 Å². The Morgan fingerprint density at radius 3 is 2.69 bits per heavy atom. The van der Waals surface area contributed by atoms with Crippen molar-refractivity contribution in [3.63, 3.8) is 0 Å². The summed E-state index contributed by atoms with van der Waals surface area (Å²) in [6.45, 7) is 2.86. The second kappa shape index (κ2) is 7.59. The van der Waals surface area contributed by atoms with Crippen LogP contribution in [0.15, 0.2) is 59.2 Å². The summed E-state index contributed by atoms with van der Waals surface area (Å²) in [5.41, 5.74) is 3.76. The maximum atomic E-state index is 12.8. The number of amides is 2. The van der Waals surface area contributed by atoms with Crippen molar-refractivity contribution in [1.29, 1.82) is 0 Å². The molecule has 0 aliphatic carbocycles. The van der Waals surface area contributed by atoms with Crippen LogP contribution >= 0.6 is 15.9 Å². The number of nitrogens with zero attached hydrogens (tertiary/aromatic N) is 4. The normalized spacial score (nSPS) is 15.5. The van der Waals surface area contributed by atoms with Gasteiger partial charge in [0, 0.05) is 48.6 Å². The van der Waals surface area contributed by atoms with Crippen molar-refractivity contribution in [2.24, 2.45) is 0 Å². The molecule has 0 radical (unpaired) electrons. The van der Waals surface area contributed by atoms with E-state index >= 15 is 0 Å². The van der Waals surface area contributed by atoms with Gasteiger partial charge in [-0.25, -0.2) is 9.78 Å². The van der Waals surface area contributed by atoms with Gasteiger partial charge in [0.25, 0.3) is 0 Å². The molecule has 0 unspecified atom stereocenters. The Hall–Kier alpha value is -3.46. The number of urea groups is 1. The van der Waals surface area contributed by atoms with E-state index in [0.29, 0.717) is 43.4 Å². The van der Waals surface area contributed by atoms with Gasteiger partial charge in [-0.15, -0.1) is 0 Å². The Morgan fingerprint density at radius 1 is 0.969 bits per heavy atom. The van der Waals surface area contributed by atoms with Gasteiger partial charge in [-0.05, 0) is 42.5 Å². The van der Waals surface area contributed by atoms with Crippen LogP contribution in [0.2, 0.25) is 0 Å². The van der Waals surface area contributed by atoms with Crippen LogP contribution in [0.25, 0.3) is 16.6 Å². The van der Waals surface area contributed by atoms with Gasteiger partial charge in [-0.3, -0.25) is 0 Å². The van der Waals surface area contributed by atoms with Crippen LogP contribution in [-0.2, 0) is 0 Å². The Balaban J connectivity index is 1.19. The third kappa shape index (κ3) is 3.29. The first kappa shape index (κ1) is 19.2. The average molecular weight is 494 g/mol. The van der Waals surface area contributed by atoms with Crippen LogP contribution < -0.4 is 19.7 Å². The number of nitrogens with one attached hydrogen (secondary N) is 1. The summed E-state index contributed by atoms with van der Waals surface area (Å²) in [7, 11) is 0. The molecule has 2 aromatic carbocycles. The highest BCUT2D eigenvalue weighted by atomic mass is 79.9. The van der Waals surface area contributed by atoms with E-state index < -0.39 is 0 Å². The Labute approximate surface area is 192 Å². The lowest BCUT2D eigenvalue weighted by Gasteiger charge is -2.35. The lowest BCUT2D eigenvalue weighted by molar-refractivity contribution is 0.174. The summed E-state index contributed by atoms with van der Waals surface area (Å²) in [5, 5.41) is 2.96. The van der Waals surface area contributed by atoms with Crippen molar-refractivity contribution < 1.29 is 14.3 Å². The van der Waals surface area contributed by atoms with Gasteiger partial charge >= 0.3 is 6.03 Å². The first-order valence-corrected chi connectivity index (χ1v) is 11.2. The summed E-state index contributed by atoms with van der Waals surface area (Å²) >= 11 is 3.55. The molecule has 1 N–H and O–H groups in total. The topological polar surface area (TPSA) is 71.3 Å². The maximum absolute atomic E-state index is 12.8. The molecule has 1 saturated heterocycles. The van der Waals surface area contributed by atoms with E-state index in [1.165, 1.54) is 0 Å². The SMILES string of the molecule is O=C(Nc1ccc2c(c1)OCO2)N1CCN(c2nc3cc(Br)ccc3n3cccc23)CC1. The zero-order valence-corrected chi connectivity index (χ0v) is 18.7. The highest BCUT2D eigenvalue weighted by Gasteiger charge is 2.24. The van der Waals surface area contributed by atoms with Gasteiger partial charge in [0.2, 0.25) is 6.79 Å². The van der Waals surface area contributed by atoms with Crippen LogP contribution in [0.1, 0.15) is 0 Å². The molecular formula is C23H20BrN5O3. The first-order valence-electron chi connectivity index (χ1n) is 10.4. The number of hydrogen-bond acceptors (Lipinski definition) is 5. The number of aromatic nitrogens is 2. The molecule has 2 aromatic heterocycles. The van der Waals surface area contributed by atoms with E-state index in [1.807, 2.05) is 35.2 Å². The fraction of sp³-hybridized carbons (Fsp3) is 0.217. The molecule has 2 amide bonds. The van der Waals surface area contributed by atoms with E-state index in [1.54, 1.807) is 6.07 Å². The maximum Gasteiger partial charge on any atom is 0.321 e. The molecule has 4 heterocycles. The number of hydrogen-bond donors (Lipinski definition) is 1. The summed E-state index contributed by atoms with van der Waals surface area (Å²) in [5.74, 6) is 2.29. The third-order valence-electron chi connectivity index (χ3n) is 5.89. The number of fused-ring (bicyclic) bond motifs is 4. The third-order valence-corrected chi connectivity index (χ3v) is 6.38. The quantitative estimate of drug-likeness (QED) is 0.449. The lowest BCUT2D eigenvalue weighted by Crippen LogP contribution is -2.50. The molecule has 0 atom stereocenters. The first-order chi connectivity index (χ1) is 15.7. The van der Waals surface area contributed by atoms with Crippen molar-refractivity contribution in [3.8, 4) is 11.5 Å². The molecule has 4 aromatic rings. The number of halogens is 1. The van der Waals surface area contributed by atoms with Crippen LogP contribution in [0.5, 0.6) is 11.5 Å². The fourth-order valence-corrected chi connectivity index (χ4v) is 4.61. The highest BCUT2D eigenvalue weighted by Crippen LogP contribution is 2.34. The standard InChI is InChI=1S/C23H20BrN5O3/c24-15-3-5-18-17(12-15)26-22(19-2-1-7-29(18)19)27-8-10-28(11-9-27)23(30)25-16-4-6-20-21(13-16)32-14-31-20/h1-7,12-13H,8-11,14H2,(H,25,30). The Morgan fingerprint density at radius 2 is 1.81 bits per heavy atom. The zero-order valence-electron chi connectivity index (χ0n) is 17.1. The van der Waals surface area contributed by atoms with E-state index in [2.05, 4.69) is 48.9 Å². The summed E-state index contributed by atoms with van der Waals surface area (Å²) < 4.78 is 13.9. The fourth-order valence-electron chi connectivity index (χ4n) is 4.27. The largest absolute Gasteiger partial charge is 0.454 e. The van der Waals surface area contributed by atoms with E-state index in [9.17, 15) is 4.79 Å². The molecular weight excluding hydrogens is 474 g/mol. The molecule has 0 bridgehead atoms. The second-order valence-electron chi connectivity index (χ2n) is 7.80. The molecule has 2 aliphatic rings. The summed E-state index contributed by atoms with van der Waals surface area (Å²) in [6.07, 6.45) is 2.06. The van der Waals surface area contributed by atoms with Crippen molar-refractivity contribution in [1.82, 2.24) is 14.3 Å². The highest BCUT2D eigenvalue weighted by molar-refractivity contribution is 9.10. The molecule has 9 heteroatoms. The van der Waals surface area contributed by atoms with Crippen LogP contribution in [0.3, 0.4) is 0 Å². The average Bonchev–Trinajstić information content (AvgIpc) is 3.48. The van der Waals surface area contributed by atoms with Gasteiger partial charge in [-0.1, -0.05) is 15.9 Å². The van der Waals surface area contributed by atoms with Crippen LogP contribution in [0, 0.1) is 0 Å². The number of rotatable bonds is 2. The minimum Gasteiger partial charge on any atom is -0.454 e. The summed E-state index contributed by atoms with van der Waals surface area (Å²) in [4.78, 5) is 21.8. The molecule has 2 aliphatic heterocycles. The molecule has 6 rings (SSSR count). The predicted octanol–water partition coefficient (Wildman–Crippen LogP) is 4.33. The van der Waals surface area contributed by atoms with Crippen LogP contribution in [-0.4, -0.2) is 53.3 Å². The molecule has 162 valence electrons. The number of carbonyl (C=O) groups excluding carboxylic acids is 1. The monoisotopic (exact) mass is 493 g/mol. The van der Waals surface area contributed by atoms with Crippen molar-refractivity contribution in [2.45, 2.75) is 0 Å². The van der Waals surface area contributed by atoms with Gasteiger partial charge in [0.05, 0.1) is 16.6 Å². The smallest absolute Gasteiger partial charge is 0.321 e. The van der Waals surface area contributed by atoms with E-state index in [-0.39, 0.29) is 12.8 Å². The Bertz CT molecular complexity index is 1350. The number of piperazine rings is 1. The molecule has 0 saturated carbocycles. The second-order valence-corrected chi connectivity index (χ2v) is 8.72. The van der Waals surface area contributed by atoms with E-state index in [0.717, 1.165) is 26.8 Å². The number of anilines is 2. The van der Waals surface area contributed by atoms with Gasteiger partial charge in [-0.2, -0.15) is 0 Å². The molecule has 0 spiro atoms. The zero-order chi connectivity index (χ0) is 21.7. The number of carbonyl (C=O) groups is 1. The lowest BCUT2D eigenvalue weighted by atomic mass is 10.2. The molecule has 32 heavy (non-hydrogen) atoms. The van der Waals surface area contributed by atoms with Gasteiger partial charge < -0.3 is 29.0 Å². The number of ether oxygens (including phenoxy) is 2. The minimum atomic E-state index is -0.119. The Kier molecular flexibility index (Phi) is 4.57. The van der Waals surface area contributed by atoms with Crippen molar-refractivity contribution >= 4 is 50.0 Å². The van der Waals surface area contributed by atoms with Crippen molar-refractivity contribution in [3.05, 3.63) is 59.2 Å². The predicted molar refractivity (Wildman–Crippen MR) is 126 cm³/mol. The van der Waals surface area contributed by atoms with Crippen LogP contribution in [0.4, 0.5) is 16.3 Å². The minimum absolute atomic E-state index is 0.119. The van der Waals surface area contributed by atoms with Gasteiger partial charge in [0.1, 0.15) is 0 Å². The van der Waals surface area contributed by atoms with Gasteiger partial charge in [0.15, 0.2) is 17.3 Å². The van der Waals surface area contributed by atoms with Crippen molar-refractivity contribution in [2.75, 3.05) is 43.2 Å². The molecule has 1 fully saturated rings.